The number of rotatable bonds is 8. The first kappa shape index (κ1) is 25.6. The van der Waals surface area contributed by atoms with Crippen LogP contribution in [0, 0.1) is 5.82 Å². The van der Waals surface area contributed by atoms with Crippen molar-refractivity contribution in [3.8, 4) is 17.0 Å². The quantitative estimate of drug-likeness (QED) is 0.264. The molecule has 194 valence electrons. The summed E-state index contributed by atoms with van der Waals surface area (Å²) in [4.78, 5) is 33.8. The molecule has 1 aliphatic heterocycles. The SMILES string of the molecule is O=C(O)CCCCc1nc2cc(C(=O)NC3CCOc4cc(F)ccc43)ccc2nc1-c1ccc(Cl)cc1. The zero-order valence-corrected chi connectivity index (χ0v) is 21.2. The van der Waals surface area contributed by atoms with E-state index in [1.807, 2.05) is 12.1 Å². The lowest BCUT2D eigenvalue weighted by atomic mass is 10.00. The summed E-state index contributed by atoms with van der Waals surface area (Å²) in [5, 5.41) is 12.6. The third kappa shape index (κ3) is 5.75. The monoisotopic (exact) mass is 533 g/mol. The number of carboxylic acids is 1. The summed E-state index contributed by atoms with van der Waals surface area (Å²) in [6.07, 6.45) is 2.36. The van der Waals surface area contributed by atoms with Crippen LogP contribution in [0.15, 0.2) is 60.7 Å². The molecule has 0 spiro atoms. The summed E-state index contributed by atoms with van der Waals surface area (Å²) < 4.78 is 19.2. The number of carbonyl (C=O) groups excluding carboxylic acids is 1. The number of aryl methyl sites for hydroxylation is 1. The molecule has 4 aromatic rings. The van der Waals surface area contributed by atoms with Crippen molar-refractivity contribution in [2.75, 3.05) is 6.61 Å². The number of nitrogens with zero attached hydrogens (tertiary/aromatic N) is 2. The van der Waals surface area contributed by atoms with Gasteiger partial charge in [-0.3, -0.25) is 9.59 Å². The number of ether oxygens (including phenoxy) is 1. The molecule has 2 N–H and O–H groups in total. The van der Waals surface area contributed by atoms with Crippen molar-refractivity contribution in [1.29, 1.82) is 0 Å². The molecule has 1 unspecified atom stereocenters. The predicted octanol–water partition coefficient (Wildman–Crippen LogP) is 6.14. The van der Waals surface area contributed by atoms with E-state index >= 15 is 0 Å². The van der Waals surface area contributed by atoms with Gasteiger partial charge in [0.2, 0.25) is 0 Å². The van der Waals surface area contributed by atoms with Crippen molar-refractivity contribution in [1.82, 2.24) is 15.3 Å². The van der Waals surface area contributed by atoms with Gasteiger partial charge in [-0.05, 0) is 55.7 Å². The molecule has 0 radical (unpaired) electrons. The van der Waals surface area contributed by atoms with Crippen molar-refractivity contribution in [3.63, 3.8) is 0 Å². The van der Waals surface area contributed by atoms with Gasteiger partial charge in [0, 0.05) is 40.6 Å². The minimum atomic E-state index is -0.833. The minimum absolute atomic E-state index is 0.0869. The van der Waals surface area contributed by atoms with E-state index in [0.29, 0.717) is 65.4 Å². The molecule has 0 bridgehead atoms. The third-order valence-corrected chi connectivity index (χ3v) is 6.74. The second kappa shape index (κ2) is 11.1. The van der Waals surface area contributed by atoms with Crippen LogP contribution in [0.4, 0.5) is 4.39 Å². The smallest absolute Gasteiger partial charge is 0.303 e. The summed E-state index contributed by atoms with van der Waals surface area (Å²) >= 11 is 6.06. The second-order valence-corrected chi connectivity index (χ2v) is 9.61. The fourth-order valence-electron chi connectivity index (χ4n) is 4.57. The van der Waals surface area contributed by atoms with E-state index < -0.39 is 5.97 Å². The summed E-state index contributed by atoms with van der Waals surface area (Å²) in [5.74, 6) is -1.06. The van der Waals surface area contributed by atoms with E-state index in [1.165, 1.54) is 12.1 Å². The largest absolute Gasteiger partial charge is 0.493 e. The Labute approximate surface area is 223 Å². The van der Waals surface area contributed by atoms with Crippen molar-refractivity contribution in [2.24, 2.45) is 0 Å². The highest BCUT2D eigenvalue weighted by Crippen LogP contribution is 2.33. The topological polar surface area (TPSA) is 101 Å². The standard InChI is InChI=1S/C29H25ClFN3O4/c30-19-8-5-17(6-9-19)28-24(3-1-2-4-27(35)36)32-25-15-18(7-12-23(25)33-28)29(37)34-22-13-14-38-26-16-20(31)10-11-21(22)26/h5-12,15-16,22H,1-4,13-14H2,(H,34,37)(H,35,36). The van der Waals surface area contributed by atoms with Crippen molar-refractivity contribution < 1.29 is 23.8 Å². The minimum Gasteiger partial charge on any atom is -0.493 e. The zero-order chi connectivity index (χ0) is 26.6. The number of aliphatic carboxylic acids is 1. The Kier molecular flexibility index (Phi) is 7.51. The summed E-state index contributed by atoms with van der Waals surface area (Å²) in [7, 11) is 0. The van der Waals surface area contributed by atoms with Gasteiger partial charge in [0.25, 0.3) is 5.91 Å². The molecule has 38 heavy (non-hydrogen) atoms. The van der Waals surface area contributed by atoms with Crippen LogP contribution in [0.3, 0.4) is 0 Å². The van der Waals surface area contributed by atoms with Crippen LogP contribution in [0.2, 0.25) is 5.02 Å². The van der Waals surface area contributed by atoms with Gasteiger partial charge >= 0.3 is 5.97 Å². The normalized spacial score (nSPS) is 14.5. The molecule has 1 aliphatic rings. The summed E-state index contributed by atoms with van der Waals surface area (Å²) in [6.45, 7) is 0.378. The molecule has 0 aliphatic carbocycles. The highest BCUT2D eigenvalue weighted by Gasteiger charge is 2.24. The van der Waals surface area contributed by atoms with Crippen LogP contribution in [-0.4, -0.2) is 33.6 Å². The molecule has 0 fully saturated rings. The molecule has 1 amide bonds. The fraction of sp³-hybridized carbons (Fsp3) is 0.241. The number of carboxylic acid groups (broad SMARTS) is 1. The van der Waals surface area contributed by atoms with Gasteiger partial charge in [0.1, 0.15) is 11.6 Å². The number of benzene rings is 3. The number of hydrogen-bond acceptors (Lipinski definition) is 5. The van der Waals surface area contributed by atoms with Crippen LogP contribution < -0.4 is 10.1 Å². The van der Waals surface area contributed by atoms with Crippen molar-refractivity contribution in [2.45, 2.75) is 38.1 Å². The number of carbonyl (C=O) groups is 2. The Morgan fingerprint density at radius 2 is 1.84 bits per heavy atom. The van der Waals surface area contributed by atoms with Gasteiger partial charge in [-0.2, -0.15) is 0 Å². The van der Waals surface area contributed by atoms with Crippen LogP contribution in [-0.2, 0) is 11.2 Å². The van der Waals surface area contributed by atoms with Crippen LogP contribution in [0.5, 0.6) is 5.75 Å². The van der Waals surface area contributed by atoms with E-state index in [1.54, 1.807) is 36.4 Å². The molecular formula is C29H25ClFN3O4. The van der Waals surface area contributed by atoms with Crippen LogP contribution in [0.25, 0.3) is 22.3 Å². The molecular weight excluding hydrogens is 509 g/mol. The van der Waals surface area contributed by atoms with Gasteiger partial charge in [-0.1, -0.05) is 29.8 Å². The molecule has 9 heteroatoms. The molecule has 5 rings (SSSR count). The van der Waals surface area contributed by atoms with Gasteiger partial charge < -0.3 is 15.2 Å². The first-order valence-electron chi connectivity index (χ1n) is 12.4. The number of fused-ring (bicyclic) bond motifs is 2. The Morgan fingerprint density at radius 3 is 2.63 bits per heavy atom. The number of hydrogen-bond donors (Lipinski definition) is 2. The van der Waals surface area contributed by atoms with E-state index in [0.717, 1.165) is 16.8 Å². The van der Waals surface area contributed by atoms with E-state index in [4.69, 9.17) is 31.4 Å². The average Bonchev–Trinajstić information content (AvgIpc) is 2.90. The highest BCUT2D eigenvalue weighted by molar-refractivity contribution is 6.30. The predicted molar refractivity (Wildman–Crippen MR) is 142 cm³/mol. The molecule has 2 heterocycles. The summed E-state index contributed by atoms with van der Waals surface area (Å²) in [6, 6.07) is 16.5. The van der Waals surface area contributed by atoms with Crippen molar-refractivity contribution >= 4 is 34.5 Å². The number of unbranched alkanes of at least 4 members (excludes halogenated alkanes) is 1. The third-order valence-electron chi connectivity index (χ3n) is 6.49. The van der Waals surface area contributed by atoms with Crippen LogP contribution >= 0.6 is 11.6 Å². The number of nitrogens with one attached hydrogen (secondary N) is 1. The number of halogens is 2. The Hall–Kier alpha value is -4.04. The van der Waals surface area contributed by atoms with Gasteiger partial charge in [0.05, 0.1) is 35.1 Å². The Bertz CT molecular complexity index is 1510. The molecule has 0 saturated heterocycles. The Morgan fingerprint density at radius 1 is 1.03 bits per heavy atom. The average molecular weight is 534 g/mol. The lowest BCUT2D eigenvalue weighted by Crippen LogP contribution is -2.32. The van der Waals surface area contributed by atoms with E-state index in [-0.39, 0.29) is 24.2 Å². The maximum absolute atomic E-state index is 13.6. The maximum Gasteiger partial charge on any atom is 0.303 e. The number of amides is 1. The van der Waals surface area contributed by atoms with Gasteiger partial charge in [-0.15, -0.1) is 0 Å². The van der Waals surface area contributed by atoms with Gasteiger partial charge in [0.15, 0.2) is 0 Å². The molecule has 1 aromatic heterocycles. The zero-order valence-electron chi connectivity index (χ0n) is 20.4. The maximum atomic E-state index is 13.6. The lowest BCUT2D eigenvalue weighted by Gasteiger charge is -2.26. The van der Waals surface area contributed by atoms with Gasteiger partial charge in [-0.25, -0.2) is 14.4 Å². The molecule has 3 aromatic carbocycles. The molecule has 7 nitrogen and oxygen atoms in total. The first-order valence-corrected chi connectivity index (χ1v) is 12.8. The fourth-order valence-corrected chi connectivity index (χ4v) is 4.69. The molecule has 0 saturated carbocycles. The Balaban J connectivity index is 1.43. The van der Waals surface area contributed by atoms with Crippen LogP contribution in [0.1, 0.15) is 53.3 Å². The summed E-state index contributed by atoms with van der Waals surface area (Å²) in [5.41, 5.74) is 4.65. The molecule has 1 atom stereocenters. The highest BCUT2D eigenvalue weighted by atomic mass is 35.5. The van der Waals surface area contributed by atoms with Crippen molar-refractivity contribution in [3.05, 3.63) is 88.3 Å². The lowest BCUT2D eigenvalue weighted by molar-refractivity contribution is -0.137. The van der Waals surface area contributed by atoms with E-state index in [9.17, 15) is 14.0 Å². The first-order chi connectivity index (χ1) is 18.4. The van der Waals surface area contributed by atoms with E-state index in [2.05, 4.69) is 5.32 Å². The number of aromatic nitrogens is 2. The second-order valence-electron chi connectivity index (χ2n) is 9.18.